The minimum Gasteiger partial charge on any atom is -0.328 e. The van der Waals surface area contributed by atoms with Crippen molar-refractivity contribution in [3.8, 4) is 0 Å². The molecule has 0 bridgehead atoms. The van der Waals surface area contributed by atoms with Crippen LogP contribution in [0.25, 0.3) is 0 Å². The number of carbonyl (C=O) groups is 1. The Hall–Kier alpha value is -0.910. The van der Waals surface area contributed by atoms with E-state index in [1.165, 1.54) is 6.33 Å². The number of hydrogen-bond acceptors (Lipinski definition) is 4. The molecule has 0 radical (unpaired) electrons. The van der Waals surface area contributed by atoms with Crippen LogP contribution in [0.3, 0.4) is 0 Å². The Morgan fingerprint density at radius 3 is 2.68 bits per heavy atom. The second-order valence-electron chi connectivity index (χ2n) is 4.63. The van der Waals surface area contributed by atoms with Gasteiger partial charge in [-0.2, -0.15) is 0 Å². The Kier molecular flexibility index (Phi) is 6.48. The third kappa shape index (κ3) is 5.30. The molecule has 0 saturated heterocycles. The largest absolute Gasteiger partial charge is 0.328 e. The Balaban J connectivity index is 2.52. The first-order chi connectivity index (χ1) is 8.91. The number of rotatable bonds is 6. The Labute approximate surface area is 122 Å². The van der Waals surface area contributed by atoms with Gasteiger partial charge in [-0.3, -0.25) is 4.79 Å². The third-order valence-corrected chi connectivity index (χ3v) is 3.47. The zero-order chi connectivity index (χ0) is 14.4. The summed E-state index contributed by atoms with van der Waals surface area (Å²) in [6, 6.07) is 0.158. The standard InChI is InChI=1S/C12H18Cl2N4O/c1-7(4-3-5-8(2)15)12(19)18-11-9(13)10(14)16-6-17-11/h6-8H,3-5,15H2,1-2H3,(H,16,17,18,19). The highest BCUT2D eigenvalue weighted by atomic mass is 35.5. The van der Waals surface area contributed by atoms with Gasteiger partial charge in [-0.1, -0.05) is 36.5 Å². The average Bonchev–Trinajstić information content (AvgIpc) is 2.34. The zero-order valence-corrected chi connectivity index (χ0v) is 12.5. The summed E-state index contributed by atoms with van der Waals surface area (Å²) in [5.41, 5.74) is 5.67. The zero-order valence-electron chi connectivity index (χ0n) is 11.0. The monoisotopic (exact) mass is 304 g/mol. The maximum atomic E-state index is 11.9. The van der Waals surface area contributed by atoms with Crippen molar-refractivity contribution in [2.75, 3.05) is 5.32 Å². The number of nitrogens with zero attached hydrogens (tertiary/aromatic N) is 2. The van der Waals surface area contributed by atoms with Crippen molar-refractivity contribution in [3.05, 3.63) is 16.5 Å². The molecule has 2 atom stereocenters. The van der Waals surface area contributed by atoms with Gasteiger partial charge in [0.25, 0.3) is 0 Å². The molecule has 5 nitrogen and oxygen atoms in total. The molecule has 3 N–H and O–H groups in total. The molecule has 0 aliphatic heterocycles. The lowest BCUT2D eigenvalue weighted by Crippen LogP contribution is -2.22. The molecule has 0 saturated carbocycles. The molecular formula is C12H18Cl2N4O. The summed E-state index contributed by atoms with van der Waals surface area (Å²) in [6.45, 7) is 3.81. The molecule has 0 spiro atoms. The maximum Gasteiger partial charge on any atom is 0.228 e. The summed E-state index contributed by atoms with van der Waals surface area (Å²) in [5.74, 6) is -0.0318. The lowest BCUT2D eigenvalue weighted by Gasteiger charge is -2.13. The van der Waals surface area contributed by atoms with E-state index in [9.17, 15) is 4.79 Å². The van der Waals surface area contributed by atoms with E-state index in [4.69, 9.17) is 28.9 Å². The summed E-state index contributed by atoms with van der Waals surface area (Å²) >= 11 is 11.6. The average molecular weight is 305 g/mol. The fraction of sp³-hybridized carbons (Fsp3) is 0.583. The summed E-state index contributed by atoms with van der Waals surface area (Å²) in [7, 11) is 0. The van der Waals surface area contributed by atoms with Gasteiger partial charge in [0.1, 0.15) is 11.3 Å². The predicted octanol–water partition coefficient (Wildman–Crippen LogP) is 2.88. The highest BCUT2D eigenvalue weighted by Gasteiger charge is 2.16. The third-order valence-electron chi connectivity index (χ3n) is 2.73. The van der Waals surface area contributed by atoms with E-state index in [-0.39, 0.29) is 33.9 Å². The van der Waals surface area contributed by atoms with Gasteiger partial charge >= 0.3 is 0 Å². The first kappa shape index (κ1) is 16.1. The molecule has 2 unspecified atom stereocenters. The van der Waals surface area contributed by atoms with E-state index in [1.54, 1.807) is 0 Å². The van der Waals surface area contributed by atoms with Crippen molar-refractivity contribution < 1.29 is 4.79 Å². The molecule has 0 aromatic carbocycles. The van der Waals surface area contributed by atoms with Gasteiger partial charge in [-0.25, -0.2) is 9.97 Å². The molecule has 106 valence electrons. The molecular weight excluding hydrogens is 287 g/mol. The number of nitrogens with one attached hydrogen (secondary N) is 1. The first-order valence-electron chi connectivity index (χ1n) is 6.14. The lowest BCUT2D eigenvalue weighted by atomic mass is 10.0. The summed E-state index contributed by atoms with van der Waals surface area (Å²) in [4.78, 5) is 19.6. The number of anilines is 1. The van der Waals surface area contributed by atoms with Crippen LogP contribution in [0.1, 0.15) is 33.1 Å². The van der Waals surface area contributed by atoms with Crippen LogP contribution in [0.4, 0.5) is 5.82 Å². The second kappa shape index (κ2) is 7.62. The van der Waals surface area contributed by atoms with Gasteiger partial charge < -0.3 is 11.1 Å². The van der Waals surface area contributed by atoms with E-state index >= 15 is 0 Å². The van der Waals surface area contributed by atoms with E-state index in [1.807, 2.05) is 13.8 Å². The minimum atomic E-state index is -0.138. The Morgan fingerprint density at radius 2 is 2.05 bits per heavy atom. The normalized spacial score (nSPS) is 13.9. The molecule has 1 amide bonds. The van der Waals surface area contributed by atoms with Crippen LogP contribution in [0.2, 0.25) is 10.2 Å². The Morgan fingerprint density at radius 1 is 1.37 bits per heavy atom. The minimum absolute atomic E-state index is 0.122. The SMILES string of the molecule is CC(N)CCCC(C)C(=O)Nc1ncnc(Cl)c1Cl. The van der Waals surface area contributed by atoms with Crippen molar-refractivity contribution in [2.45, 2.75) is 39.2 Å². The molecule has 0 fully saturated rings. The number of hydrogen-bond donors (Lipinski definition) is 2. The van der Waals surface area contributed by atoms with E-state index in [0.717, 1.165) is 19.3 Å². The highest BCUT2D eigenvalue weighted by molar-refractivity contribution is 6.42. The molecule has 1 aromatic rings. The van der Waals surface area contributed by atoms with Gasteiger partial charge in [-0.05, 0) is 19.8 Å². The second-order valence-corrected chi connectivity index (χ2v) is 5.36. The summed E-state index contributed by atoms with van der Waals surface area (Å²) in [5, 5.41) is 2.93. The first-order valence-corrected chi connectivity index (χ1v) is 6.89. The van der Waals surface area contributed by atoms with Gasteiger partial charge in [0.2, 0.25) is 5.91 Å². The quantitative estimate of drug-likeness (QED) is 0.792. The van der Waals surface area contributed by atoms with Crippen LogP contribution in [0, 0.1) is 5.92 Å². The molecule has 7 heteroatoms. The number of carbonyl (C=O) groups excluding carboxylic acids is 1. The van der Waals surface area contributed by atoms with Gasteiger partial charge in [0, 0.05) is 12.0 Å². The molecule has 1 rings (SSSR count). The van der Waals surface area contributed by atoms with Crippen LogP contribution in [0.5, 0.6) is 0 Å². The van der Waals surface area contributed by atoms with Crippen LogP contribution >= 0.6 is 23.2 Å². The molecule has 1 heterocycles. The Bertz CT molecular complexity index is 440. The van der Waals surface area contributed by atoms with Crippen LogP contribution < -0.4 is 11.1 Å². The van der Waals surface area contributed by atoms with Gasteiger partial charge in [0.15, 0.2) is 11.0 Å². The number of amides is 1. The van der Waals surface area contributed by atoms with Crippen molar-refractivity contribution >= 4 is 34.9 Å². The van der Waals surface area contributed by atoms with Crippen LogP contribution in [-0.2, 0) is 4.79 Å². The predicted molar refractivity (Wildman–Crippen MR) is 77.3 cm³/mol. The molecule has 19 heavy (non-hydrogen) atoms. The lowest BCUT2D eigenvalue weighted by molar-refractivity contribution is -0.119. The number of aromatic nitrogens is 2. The number of halogens is 2. The van der Waals surface area contributed by atoms with Crippen molar-refractivity contribution in [1.29, 1.82) is 0 Å². The van der Waals surface area contributed by atoms with Crippen molar-refractivity contribution in [2.24, 2.45) is 11.7 Å². The smallest absolute Gasteiger partial charge is 0.228 e. The maximum absolute atomic E-state index is 11.9. The van der Waals surface area contributed by atoms with E-state index < -0.39 is 0 Å². The van der Waals surface area contributed by atoms with Crippen LogP contribution in [0.15, 0.2) is 6.33 Å². The summed E-state index contributed by atoms with van der Waals surface area (Å²) in [6.07, 6.45) is 3.83. The van der Waals surface area contributed by atoms with Gasteiger partial charge in [0.05, 0.1) is 0 Å². The van der Waals surface area contributed by atoms with E-state index in [2.05, 4.69) is 15.3 Å². The van der Waals surface area contributed by atoms with Crippen LogP contribution in [-0.4, -0.2) is 21.9 Å². The van der Waals surface area contributed by atoms with Gasteiger partial charge in [-0.15, -0.1) is 0 Å². The highest BCUT2D eigenvalue weighted by Crippen LogP contribution is 2.26. The molecule has 1 aromatic heterocycles. The summed E-state index contributed by atoms with van der Waals surface area (Å²) < 4.78 is 0. The fourth-order valence-corrected chi connectivity index (χ4v) is 1.83. The van der Waals surface area contributed by atoms with E-state index in [0.29, 0.717) is 0 Å². The molecule has 0 aliphatic rings. The topological polar surface area (TPSA) is 80.9 Å². The van der Waals surface area contributed by atoms with Crippen molar-refractivity contribution in [3.63, 3.8) is 0 Å². The molecule has 0 aliphatic carbocycles. The fourth-order valence-electron chi connectivity index (χ4n) is 1.55. The number of nitrogens with two attached hydrogens (primary N) is 1. The van der Waals surface area contributed by atoms with Crippen molar-refractivity contribution in [1.82, 2.24) is 9.97 Å².